The number of benzene rings is 1. The Hall–Kier alpha value is -1.16. The number of rotatable bonds is 11. The van der Waals surface area contributed by atoms with Crippen LogP contribution in [0.15, 0.2) is 24.3 Å². The number of hydrogen-bond acceptors (Lipinski definition) is 6. The normalized spacial score (nSPS) is 26.4. The number of nitrogens with zero attached hydrogens (tertiary/aromatic N) is 1. The fourth-order valence-corrected chi connectivity index (χ4v) is 3.74. The predicted octanol–water partition coefficient (Wildman–Crippen LogP) is 1.19. The van der Waals surface area contributed by atoms with Crippen LogP contribution in [0, 0.1) is 0 Å². The summed E-state index contributed by atoms with van der Waals surface area (Å²) in [4.78, 5) is 14.2. The van der Waals surface area contributed by atoms with Crippen molar-refractivity contribution in [3.63, 3.8) is 0 Å². The zero-order valence-corrected chi connectivity index (χ0v) is 18.1. The van der Waals surface area contributed by atoms with E-state index in [1.807, 2.05) is 24.3 Å². The Balaban J connectivity index is 1.80. The average Bonchev–Trinajstić information content (AvgIpc) is 2.74. The summed E-state index contributed by atoms with van der Waals surface area (Å²) in [7, 11) is 0. The second-order valence-electron chi connectivity index (χ2n) is 7.16. The number of aryl methyl sites for hydroxylation is 1. The lowest BCUT2D eigenvalue weighted by Crippen LogP contribution is -2.61. The second kappa shape index (κ2) is 12.6. The molecule has 0 aromatic heterocycles. The third-order valence-corrected chi connectivity index (χ3v) is 5.37. The number of halogens is 3. The molecule has 0 bridgehead atoms. The van der Waals surface area contributed by atoms with Crippen LogP contribution in [0.3, 0.4) is 0 Å². The topological polar surface area (TPSA) is 102 Å². The predicted molar refractivity (Wildman–Crippen MR) is 114 cm³/mol. The first-order valence-corrected chi connectivity index (χ1v) is 11.0. The number of aliphatic hydroxyl groups excluding tert-OH is 3. The van der Waals surface area contributed by atoms with Crippen molar-refractivity contribution in [2.24, 2.45) is 0 Å². The molecule has 1 fully saturated rings. The molecule has 0 spiro atoms. The Morgan fingerprint density at radius 3 is 2.33 bits per heavy atom. The van der Waals surface area contributed by atoms with Crippen molar-refractivity contribution in [2.45, 2.75) is 50.0 Å². The van der Waals surface area contributed by atoms with Gasteiger partial charge >= 0.3 is 0 Å². The van der Waals surface area contributed by atoms with E-state index in [1.54, 1.807) is 0 Å². The van der Waals surface area contributed by atoms with Crippen molar-refractivity contribution in [1.82, 2.24) is 5.32 Å². The molecule has 1 heterocycles. The molecule has 1 saturated heterocycles. The second-order valence-corrected chi connectivity index (χ2v) is 7.91. The van der Waals surface area contributed by atoms with E-state index in [2.05, 4.69) is 10.2 Å². The highest BCUT2D eigenvalue weighted by Crippen LogP contribution is 2.22. The number of amides is 1. The van der Waals surface area contributed by atoms with Crippen LogP contribution in [0.1, 0.15) is 18.4 Å². The molecular weight excluding hydrogens is 438 g/mol. The van der Waals surface area contributed by atoms with E-state index in [-0.39, 0.29) is 6.42 Å². The van der Waals surface area contributed by atoms with E-state index < -0.39 is 43.2 Å². The zero-order valence-electron chi connectivity index (χ0n) is 16.6. The molecule has 1 aliphatic rings. The number of anilines is 1. The molecular formula is C20H29Cl2FN2O5. The molecule has 170 valence electrons. The summed E-state index contributed by atoms with van der Waals surface area (Å²) in [5, 5.41) is 30.9. The SMILES string of the molecule is O=C(CCCc1ccc(N(CCCl)CCCl)cc1)N[C@@H]1O[C@H](CO)[C@@H](O)[C@H](O)[C@H]1F. The average molecular weight is 467 g/mol. The van der Waals surface area contributed by atoms with Gasteiger partial charge in [0.05, 0.1) is 6.61 Å². The van der Waals surface area contributed by atoms with Crippen LogP contribution < -0.4 is 10.2 Å². The summed E-state index contributed by atoms with van der Waals surface area (Å²) in [5.41, 5.74) is 2.08. The van der Waals surface area contributed by atoms with Gasteiger partial charge < -0.3 is 30.3 Å². The fraction of sp³-hybridized carbons (Fsp3) is 0.650. The molecule has 0 aliphatic carbocycles. The fourth-order valence-electron chi connectivity index (χ4n) is 3.33. The van der Waals surface area contributed by atoms with Crippen LogP contribution in [0.4, 0.5) is 10.1 Å². The minimum atomic E-state index is -1.98. The molecule has 1 aromatic rings. The van der Waals surface area contributed by atoms with E-state index in [1.165, 1.54) is 0 Å². The summed E-state index contributed by atoms with van der Waals surface area (Å²) >= 11 is 11.7. The van der Waals surface area contributed by atoms with Gasteiger partial charge in [-0.3, -0.25) is 4.79 Å². The van der Waals surface area contributed by atoms with Gasteiger partial charge in [0.25, 0.3) is 0 Å². The zero-order chi connectivity index (χ0) is 22.1. The maximum atomic E-state index is 14.1. The highest BCUT2D eigenvalue weighted by atomic mass is 35.5. The monoisotopic (exact) mass is 466 g/mol. The van der Waals surface area contributed by atoms with Gasteiger partial charge in [0.15, 0.2) is 12.4 Å². The molecule has 4 N–H and O–H groups in total. The molecule has 0 saturated carbocycles. The maximum Gasteiger partial charge on any atom is 0.222 e. The number of alkyl halides is 3. The lowest BCUT2D eigenvalue weighted by atomic mass is 9.99. The van der Waals surface area contributed by atoms with Crippen molar-refractivity contribution in [1.29, 1.82) is 0 Å². The van der Waals surface area contributed by atoms with Gasteiger partial charge in [0, 0.05) is 37.0 Å². The van der Waals surface area contributed by atoms with Crippen LogP contribution in [0.5, 0.6) is 0 Å². The minimum Gasteiger partial charge on any atom is -0.394 e. The summed E-state index contributed by atoms with van der Waals surface area (Å²) in [5.74, 6) is 0.579. The van der Waals surface area contributed by atoms with Crippen LogP contribution in [0.2, 0.25) is 0 Å². The van der Waals surface area contributed by atoms with E-state index in [4.69, 9.17) is 33.0 Å². The number of carbonyl (C=O) groups is 1. The van der Waals surface area contributed by atoms with E-state index in [0.717, 1.165) is 11.3 Å². The van der Waals surface area contributed by atoms with Gasteiger partial charge in [-0.15, -0.1) is 23.2 Å². The molecule has 5 atom stereocenters. The van der Waals surface area contributed by atoms with Gasteiger partial charge in [0.2, 0.25) is 5.91 Å². The molecule has 2 rings (SSSR count). The Bertz CT molecular complexity index is 647. The summed E-state index contributed by atoms with van der Waals surface area (Å²) < 4.78 is 19.3. The molecule has 1 amide bonds. The van der Waals surface area contributed by atoms with Crippen molar-refractivity contribution in [3.8, 4) is 0 Å². The van der Waals surface area contributed by atoms with Gasteiger partial charge in [-0.25, -0.2) is 4.39 Å². The number of hydrogen-bond donors (Lipinski definition) is 4. The molecule has 1 aromatic carbocycles. The van der Waals surface area contributed by atoms with Gasteiger partial charge in [-0.1, -0.05) is 12.1 Å². The Kier molecular flexibility index (Phi) is 10.6. The standard InChI is InChI=1S/C20H29Cl2FN2O5/c21-8-10-25(11-9-22)14-6-4-13(5-7-14)2-1-3-16(27)24-20-17(23)19(29)18(28)15(12-26)30-20/h4-7,15,17-20,26,28-29H,1-3,8-12H2,(H,24,27)/t15-,17-,18-,19-,20-/m1/s1. The van der Waals surface area contributed by atoms with Crippen LogP contribution in [-0.2, 0) is 16.0 Å². The molecule has 0 radical (unpaired) electrons. The van der Waals surface area contributed by atoms with E-state index in [0.29, 0.717) is 37.7 Å². The van der Waals surface area contributed by atoms with Gasteiger partial charge in [0.1, 0.15) is 18.3 Å². The first-order chi connectivity index (χ1) is 14.4. The Morgan fingerprint density at radius 2 is 1.77 bits per heavy atom. The summed E-state index contributed by atoms with van der Waals surface area (Å²) in [6.45, 7) is 0.811. The third kappa shape index (κ3) is 6.93. The van der Waals surface area contributed by atoms with E-state index in [9.17, 15) is 19.4 Å². The first-order valence-electron chi connectivity index (χ1n) is 9.93. The quantitative estimate of drug-likeness (QED) is 0.365. The third-order valence-electron chi connectivity index (χ3n) is 5.03. The summed E-state index contributed by atoms with van der Waals surface area (Å²) in [6, 6.07) is 7.93. The van der Waals surface area contributed by atoms with Crippen LogP contribution in [-0.4, -0.2) is 83.4 Å². The first kappa shape index (κ1) is 25.1. The Labute approximate surface area is 185 Å². The number of aliphatic hydroxyl groups is 3. The molecule has 0 unspecified atom stereocenters. The smallest absolute Gasteiger partial charge is 0.222 e. The number of nitrogens with one attached hydrogen (secondary N) is 1. The van der Waals surface area contributed by atoms with Gasteiger partial charge in [-0.05, 0) is 30.5 Å². The molecule has 7 nitrogen and oxygen atoms in total. The minimum absolute atomic E-state index is 0.140. The van der Waals surface area contributed by atoms with Gasteiger partial charge in [-0.2, -0.15) is 0 Å². The van der Waals surface area contributed by atoms with Crippen molar-refractivity contribution in [3.05, 3.63) is 29.8 Å². The van der Waals surface area contributed by atoms with Crippen LogP contribution >= 0.6 is 23.2 Å². The Morgan fingerprint density at radius 1 is 1.13 bits per heavy atom. The summed E-state index contributed by atoms with van der Waals surface area (Å²) in [6.07, 6.45) is -6.51. The largest absolute Gasteiger partial charge is 0.394 e. The van der Waals surface area contributed by atoms with Crippen molar-refractivity contribution >= 4 is 34.8 Å². The van der Waals surface area contributed by atoms with Crippen molar-refractivity contribution < 1.29 is 29.2 Å². The van der Waals surface area contributed by atoms with E-state index >= 15 is 0 Å². The number of ether oxygens (including phenoxy) is 1. The molecule has 30 heavy (non-hydrogen) atoms. The molecule has 1 aliphatic heterocycles. The highest BCUT2D eigenvalue weighted by molar-refractivity contribution is 6.18. The number of carbonyl (C=O) groups excluding carboxylic acids is 1. The lowest BCUT2D eigenvalue weighted by Gasteiger charge is -2.38. The molecule has 10 heteroatoms. The maximum absolute atomic E-state index is 14.1. The van der Waals surface area contributed by atoms with Crippen LogP contribution in [0.25, 0.3) is 0 Å². The highest BCUT2D eigenvalue weighted by Gasteiger charge is 2.45. The lowest BCUT2D eigenvalue weighted by molar-refractivity contribution is -0.219. The van der Waals surface area contributed by atoms with Crippen molar-refractivity contribution in [2.75, 3.05) is 36.4 Å².